The second-order valence-electron chi connectivity index (χ2n) is 4.70. The maximum absolute atomic E-state index is 12.4. The lowest BCUT2D eigenvalue weighted by atomic mass is 10.2. The molecule has 0 saturated carbocycles. The van der Waals surface area contributed by atoms with Crippen molar-refractivity contribution in [3.63, 3.8) is 0 Å². The highest BCUT2D eigenvalue weighted by atomic mass is 79.9. The van der Waals surface area contributed by atoms with Crippen LogP contribution in [0.3, 0.4) is 0 Å². The number of thiophene rings is 1. The van der Waals surface area contributed by atoms with Crippen molar-refractivity contribution in [2.45, 2.75) is 37.2 Å². The molecule has 0 spiro atoms. The Bertz CT molecular complexity index is 680. The molecule has 2 heterocycles. The van der Waals surface area contributed by atoms with Gasteiger partial charge in [0.15, 0.2) is 0 Å². The molecule has 2 aromatic heterocycles. The predicted molar refractivity (Wildman–Crippen MR) is 86.7 cm³/mol. The minimum absolute atomic E-state index is 0.187. The largest absolute Gasteiger partial charge is 0.469 e. The Labute approximate surface area is 136 Å². The van der Waals surface area contributed by atoms with Crippen molar-refractivity contribution in [1.82, 2.24) is 4.72 Å². The summed E-state index contributed by atoms with van der Waals surface area (Å²) in [5.74, 6) is 0.850. The number of aryl methyl sites for hydroxylation is 1. The fraction of sp³-hybridized carbons (Fsp3) is 0.385. The van der Waals surface area contributed by atoms with E-state index >= 15 is 0 Å². The van der Waals surface area contributed by atoms with Gasteiger partial charge in [-0.25, -0.2) is 13.1 Å². The molecule has 3 N–H and O–H groups in total. The van der Waals surface area contributed by atoms with E-state index in [2.05, 4.69) is 20.7 Å². The van der Waals surface area contributed by atoms with E-state index < -0.39 is 10.0 Å². The molecule has 0 radical (unpaired) electrons. The summed E-state index contributed by atoms with van der Waals surface area (Å²) in [6, 6.07) is 5.12. The Kier molecular flexibility index (Phi) is 5.61. The summed E-state index contributed by atoms with van der Waals surface area (Å²) in [7, 11) is -3.54. The van der Waals surface area contributed by atoms with Gasteiger partial charge in [0.25, 0.3) is 0 Å². The van der Waals surface area contributed by atoms with Crippen molar-refractivity contribution in [3.05, 3.63) is 38.9 Å². The van der Waals surface area contributed by atoms with E-state index in [4.69, 9.17) is 10.2 Å². The van der Waals surface area contributed by atoms with E-state index in [0.29, 0.717) is 23.2 Å². The van der Waals surface area contributed by atoms with Gasteiger partial charge in [-0.2, -0.15) is 0 Å². The van der Waals surface area contributed by atoms with Gasteiger partial charge in [-0.1, -0.05) is 0 Å². The van der Waals surface area contributed by atoms with Crippen molar-refractivity contribution in [2.24, 2.45) is 5.73 Å². The summed E-state index contributed by atoms with van der Waals surface area (Å²) >= 11 is 4.62. The van der Waals surface area contributed by atoms with E-state index in [9.17, 15) is 8.42 Å². The zero-order valence-electron chi connectivity index (χ0n) is 11.5. The molecule has 116 valence electrons. The first-order chi connectivity index (χ1) is 9.92. The molecule has 1 atom stereocenters. The van der Waals surface area contributed by atoms with Gasteiger partial charge in [0.2, 0.25) is 10.0 Å². The minimum Gasteiger partial charge on any atom is -0.469 e. The third kappa shape index (κ3) is 4.40. The maximum atomic E-state index is 12.4. The Hall–Kier alpha value is -0.670. The van der Waals surface area contributed by atoms with Crippen LogP contribution in [-0.4, -0.2) is 14.5 Å². The summed E-state index contributed by atoms with van der Waals surface area (Å²) in [6.45, 7) is 2.16. The molecule has 0 aliphatic carbocycles. The van der Waals surface area contributed by atoms with Gasteiger partial charge < -0.3 is 10.2 Å². The summed E-state index contributed by atoms with van der Waals surface area (Å²) in [4.78, 5) is 1.07. The monoisotopic (exact) mass is 392 g/mol. The molecule has 8 heteroatoms. The normalized spacial score (nSPS) is 13.5. The molecule has 0 aliphatic rings. The zero-order valence-corrected chi connectivity index (χ0v) is 14.7. The van der Waals surface area contributed by atoms with Crippen LogP contribution in [0.5, 0.6) is 0 Å². The Morgan fingerprint density at radius 3 is 2.86 bits per heavy atom. The van der Waals surface area contributed by atoms with Gasteiger partial charge in [0, 0.05) is 23.9 Å². The average Bonchev–Trinajstić information content (AvgIpc) is 3.04. The third-order valence-corrected chi connectivity index (χ3v) is 6.82. The quantitative estimate of drug-likeness (QED) is 0.758. The third-order valence-electron chi connectivity index (χ3n) is 2.96. The van der Waals surface area contributed by atoms with Crippen LogP contribution in [0.2, 0.25) is 0 Å². The van der Waals surface area contributed by atoms with Gasteiger partial charge >= 0.3 is 0 Å². The van der Waals surface area contributed by atoms with Crippen molar-refractivity contribution in [1.29, 1.82) is 0 Å². The van der Waals surface area contributed by atoms with Crippen LogP contribution in [0, 0.1) is 0 Å². The van der Waals surface area contributed by atoms with Crippen molar-refractivity contribution < 1.29 is 12.8 Å². The zero-order chi connectivity index (χ0) is 15.5. The van der Waals surface area contributed by atoms with Crippen molar-refractivity contribution in [3.8, 4) is 0 Å². The molecular formula is C13H17BrN2O3S2. The highest BCUT2D eigenvalue weighted by Crippen LogP contribution is 2.31. The number of halogens is 1. The van der Waals surface area contributed by atoms with Crippen molar-refractivity contribution in [2.75, 3.05) is 0 Å². The summed E-state index contributed by atoms with van der Waals surface area (Å²) in [6.07, 6.45) is 2.97. The Morgan fingerprint density at radius 1 is 1.52 bits per heavy atom. The van der Waals surface area contributed by atoms with Crippen LogP contribution in [-0.2, 0) is 23.0 Å². The van der Waals surface area contributed by atoms with Crippen LogP contribution in [0.15, 0.2) is 37.6 Å². The molecule has 2 rings (SSSR count). The lowest BCUT2D eigenvalue weighted by Crippen LogP contribution is -2.32. The number of hydrogen-bond acceptors (Lipinski definition) is 5. The Morgan fingerprint density at radius 2 is 2.29 bits per heavy atom. The van der Waals surface area contributed by atoms with Crippen LogP contribution in [0.1, 0.15) is 24.0 Å². The van der Waals surface area contributed by atoms with E-state index in [0.717, 1.165) is 10.6 Å². The van der Waals surface area contributed by atoms with Crippen LogP contribution in [0.25, 0.3) is 0 Å². The van der Waals surface area contributed by atoms with Gasteiger partial charge in [-0.15, -0.1) is 11.3 Å². The molecule has 0 aromatic carbocycles. The topological polar surface area (TPSA) is 85.3 Å². The lowest BCUT2D eigenvalue weighted by Gasteiger charge is -2.13. The molecule has 0 saturated heterocycles. The first-order valence-corrected chi connectivity index (χ1v) is 9.54. The number of nitrogens with one attached hydrogen (secondary N) is 1. The highest BCUT2D eigenvalue weighted by Gasteiger charge is 2.22. The number of hydrogen-bond donors (Lipinski definition) is 2. The number of rotatable bonds is 7. The first kappa shape index (κ1) is 16.7. The summed E-state index contributed by atoms with van der Waals surface area (Å²) in [5.41, 5.74) is 5.54. The number of furan rings is 1. The maximum Gasteiger partial charge on any atom is 0.242 e. The van der Waals surface area contributed by atoms with Crippen LogP contribution >= 0.6 is 27.3 Å². The number of nitrogens with two attached hydrogens (primary N) is 1. The molecule has 0 amide bonds. The van der Waals surface area contributed by atoms with Crippen molar-refractivity contribution >= 4 is 37.3 Å². The second kappa shape index (κ2) is 7.06. The van der Waals surface area contributed by atoms with E-state index in [-0.39, 0.29) is 10.9 Å². The van der Waals surface area contributed by atoms with Crippen LogP contribution in [0.4, 0.5) is 0 Å². The molecule has 21 heavy (non-hydrogen) atoms. The average molecular weight is 393 g/mol. The van der Waals surface area contributed by atoms with E-state index in [1.54, 1.807) is 12.3 Å². The fourth-order valence-electron chi connectivity index (χ4n) is 1.88. The minimum atomic E-state index is -3.54. The van der Waals surface area contributed by atoms with Gasteiger partial charge in [-0.3, -0.25) is 0 Å². The predicted octanol–water partition coefficient (Wildman–Crippen LogP) is 2.86. The molecule has 2 aromatic rings. The fourth-order valence-corrected chi connectivity index (χ4v) is 5.72. The molecular weight excluding hydrogens is 376 g/mol. The number of sulfonamides is 1. The second-order valence-corrected chi connectivity index (χ2v) is 8.83. The first-order valence-electron chi connectivity index (χ1n) is 6.45. The van der Waals surface area contributed by atoms with Gasteiger partial charge in [0.1, 0.15) is 10.7 Å². The molecule has 0 fully saturated rings. The van der Waals surface area contributed by atoms with Crippen LogP contribution < -0.4 is 10.5 Å². The Balaban J connectivity index is 2.00. The standard InChI is InChI=1S/C13H17BrN2O3S2/c1-9(4-5-10-3-2-6-19-10)16-21(17,18)12-7-11(8-15)20-13(12)14/h2-3,6-7,9,16H,4-5,8,15H2,1H3. The highest BCUT2D eigenvalue weighted by molar-refractivity contribution is 9.11. The van der Waals surface area contributed by atoms with E-state index in [1.165, 1.54) is 11.3 Å². The van der Waals surface area contributed by atoms with Gasteiger partial charge in [0.05, 0.1) is 10.0 Å². The lowest BCUT2D eigenvalue weighted by molar-refractivity contribution is 0.480. The molecule has 0 bridgehead atoms. The smallest absolute Gasteiger partial charge is 0.242 e. The SMILES string of the molecule is CC(CCc1ccco1)NS(=O)(=O)c1cc(CN)sc1Br. The molecule has 5 nitrogen and oxygen atoms in total. The van der Waals surface area contributed by atoms with Gasteiger partial charge in [-0.05, 0) is 47.5 Å². The van der Waals surface area contributed by atoms with E-state index in [1.807, 2.05) is 19.1 Å². The summed E-state index contributed by atoms with van der Waals surface area (Å²) < 4.78 is 33.2. The summed E-state index contributed by atoms with van der Waals surface area (Å²) in [5, 5.41) is 0. The molecule has 1 unspecified atom stereocenters. The molecule has 0 aliphatic heterocycles.